The minimum absolute atomic E-state index is 0.704. The van der Waals surface area contributed by atoms with Crippen LogP contribution in [0.4, 0.5) is 0 Å². The van der Waals surface area contributed by atoms with Crippen LogP contribution in [0.3, 0.4) is 0 Å². The van der Waals surface area contributed by atoms with E-state index in [-0.39, 0.29) is 0 Å². The number of piperidine rings is 1. The molecule has 0 spiro atoms. The van der Waals surface area contributed by atoms with Gasteiger partial charge in [-0.1, -0.05) is 18.6 Å². The fraction of sp³-hybridized carbons (Fsp3) is 0.600. The highest BCUT2D eigenvalue weighted by atomic mass is 14.9. The second-order valence-electron chi connectivity index (χ2n) is 5.21. The van der Waals surface area contributed by atoms with Crippen molar-refractivity contribution in [2.24, 2.45) is 0 Å². The Morgan fingerprint density at radius 1 is 1.12 bits per heavy atom. The molecule has 1 aromatic rings. The van der Waals surface area contributed by atoms with Crippen molar-refractivity contribution in [2.75, 3.05) is 6.54 Å². The van der Waals surface area contributed by atoms with Crippen LogP contribution in [0.2, 0.25) is 0 Å². The van der Waals surface area contributed by atoms with E-state index in [1.165, 1.54) is 54.5 Å². The minimum atomic E-state index is 0.704. The monoisotopic (exact) mass is 217 g/mol. The fourth-order valence-corrected chi connectivity index (χ4v) is 2.63. The second-order valence-corrected chi connectivity index (χ2v) is 5.21. The van der Waals surface area contributed by atoms with Gasteiger partial charge in [-0.2, -0.15) is 0 Å². The average Bonchev–Trinajstić information content (AvgIpc) is 2.27. The summed E-state index contributed by atoms with van der Waals surface area (Å²) in [5.74, 6) is 0. The molecule has 0 aromatic heterocycles. The quantitative estimate of drug-likeness (QED) is 0.801. The number of nitrogens with one attached hydrogen (secondary N) is 1. The highest BCUT2D eigenvalue weighted by Crippen LogP contribution is 2.18. The van der Waals surface area contributed by atoms with Crippen LogP contribution in [-0.4, -0.2) is 12.6 Å². The van der Waals surface area contributed by atoms with E-state index in [0.717, 1.165) is 0 Å². The van der Waals surface area contributed by atoms with Crippen molar-refractivity contribution >= 4 is 0 Å². The van der Waals surface area contributed by atoms with Gasteiger partial charge in [0.2, 0.25) is 0 Å². The van der Waals surface area contributed by atoms with E-state index < -0.39 is 0 Å². The average molecular weight is 217 g/mol. The second kappa shape index (κ2) is 5.01. The van der Waals surface area contributed by atoms with Crippen LogP contribution in [0.15, 0.2) is 12.1 Å². The fourth-order valence-electron chi connectivity index (χ4n) is 2.63. The molecule has 2 rings (SSSR count). The molecule has 1 saturated heterocycles. The lowest BCUT2D eigenvalue weighted by Crippen LogP contribution is -2.35. The van der Waals surface area contributed by atoms with E-state index in [2.05, 4.69) is 38.2 Å². The molecule has 0 bridgehead atoms. The number of hydrogen-bond donors (Lipinski definition) is 1. The summed E-state index contributed by atoms with van der Waals surface area (Å²) in [7, 11) is 0. The molecule has 1 N–H and O–H groups in total. The summed E-state index contributed by atoms with van der Waals surface area (Å²) in [4.78, 5) is 0. The zero-order valence-electron chi connectivity index (χ0n) is 10.8. The molecular formula is C15H23N. The van der Waals surface area contributed by atoms with Gasteiger partial charge in [0.25, 0.3) is 0 Å². The molecule has 0 aliphatic carbocycles. The van der Waals surface area contributed by atoms with Crippen molar-refractivity contribution in [1.29, 1.82) is 0 Å². The maximum Gasteiger partial charge on any atom is 0.0107 e. The van der Waals surface area contributed by atoms with Crippen molar-refractivity contribution in [1.82, 2.24) is 5.32 Å². The summed E-state index contributed by atoms with van der Waals surface area (Å²) in [6.07, 6.45) is 5.28. The Bertz CT molecular complexity index is 339. The molecule has 1 unspecified atom stereocenters. The minimum Gasteiger partial charge on any atom is -0.314 e. The molecule has 88 valence electrons. The first-order valence-electron chi connectivity index (χ1n) is 6.47. The summed E-state index contributed by atoms with van der Waals surface area (Å²) in [6, 6.07) is 5.42. The van der Waals surface area contributed by atoms with Crippen LogP contribution >= 0.6 is 0 Å². The van der Waals surface area contributed by atoms with E-state index in [1.54, 1.807) is 0 Å². The summed E-state index contributed by atoms with van der Waals surface area (Å²) < 4.78 is 0. The molecule has 1 nitrogen and oxygen atoms in total. The van der Waals surface area contributed by atoms with Crippen molar-refractivity contribution in [3.63, 3.8) is 0 Å². The Morgan fingerprint density at radius 3 is 2.38 bits per heavy atom. The van der Waals surface area contributed by atoms with Gasteiger partial charge in [0.05, 0.1) is 0 Å². The topological polar surface area (TPSA) is 12.0 Å². The molecule has 1 aliphatic rings. The molecular weight excluding hydrogens is 194 g/mol. The van der Waals surface area contributed by atoms with Crippen LogP contribution in [0.5, 0.6) is 0 Å². The van der Waals surface area contributed by atoms with Crippen LogP contribution in [0.1, 0.15) is 41.5 Å². The van der Waals surface area contributed by atoms with Gasteiger partial charge in [0, 0.05) is 6.04 Å². The van der Waals surface area contributed by atoms with Crippen LogP contribution < -0.4 is 5.32 Å². The lowest BCUT2D eigenvalue weighted by atomic mass is 9.94. The van der Waals surface area contributed by atoms with E-state index in [4.69, 9.17) is 0 Å². The Labute approximate surface area is 99.3 Å². The van der Waals surface area contributed by atoms with Crippen molar-refractivity contribution in [3.05, 3.63) is 34.4 Å². The largest absolute Gasteiger partial charge is 0.314 e. The first kappa shape index (κ1) is 11.7. The maximum absolute atomic E-state index is 3.62. The molecule has 1 atom stereocenters. The van der Waals surface area contributed by atoms with Crippen molar-refractivity contribution in [3.8, 4) is 0 Å². The van der Waals surface area contributed by atoms with Gasteiger partial charge >= 0.3 is 0 Å². The predicted molar refractivity (Wildman–Crippen MR) is 70.0 cm³/mol. The Morgan fingerprint density at radius 2 is 1.81 bits per heavy atom. The first-order chi connectivity index (χ1) is 7.66. The summed E-state index contributed by atoms with van der Waals surface area (Å²) in [6.45, 7) is 7.86. The number of aryl methyl sites for hydroxylation is 2. The first-order valence-corrected chi connectivity index (χ1v) is 6.47. The van der Waals surface area contributed by atoms with Crippen LogP contribution in [0, 0.1) is 20.8 Å². The maximum atomic E-state index is 3.62. The number of rotatable bonds is 2. The third-order valence-corrected chi connectivity index (χ3v) is 3.88. The molecule has 16 heavy (non-hydrogen) atoms. The van der Waals surface area contributed by atoms with Gasteiger partial charge in [0.1, 0.15) is 0 Å². The van der Waals surface area contributed by atoms with Gasteiger partial charge in [-0.15, -0.1) is 0 Å². The SMILES string of the molecule is Cc1cc(CC2CCCCN2)cc(C)c1C. The third-order valence-electron chi connectivity index (χ3n) is 3.88. The highest BCUT2D eigenvalue weighted by Gasteiger charge is 2.13. The highest BCUT2D eigenvalue weighted by molar-refractivity contribution is 5.37. The smallest absolute Gasteiger partial charge is 0.0107 e. The summed E-state index contributed by atoms with van der Waals surface area (Å²) in [5.41, 5.74) is 5.82. The van der Waals surface area contributed by atoms with E-state index in [9.17, 15) is 0 Å². The number of hydrogen-bond acceptors (Lipinski definition) is 1. The van der Waals surface area contributed by atoms with Crippen LogP contribution in [-0.2, 0) is 6.42 Å². The van der Waals surface area contributed by atoms with E-state index in [0.29, 0.717) is 6.04 Å². The molecule has 0 saturated carbocycles. The molecule has 1 aromatic carbocycles. The lowest BCUT2D eigenvalue weighted by Gasteiger charge is -2.24. The van der Waals surface area contributed by atoms with Gasteiger partial charge < -0.3 is 5.32 Å². The normalized spacial score (nSPS) is 21.1. The Kier molecular flexibility index (Phi) is 3.65. The molecule has 1 heterocycles. The van der Waals surface area contributed by atoms with Gasteiger partial charge in [0.15, 0.2) is 0 Å². The standard InChI is InChI=1S/C15H23N/c1-11-8-14(9-12(2)13(11)3)10-15-6-4-5-7-16-15/h8-9,15-16H,4-7,10H2,1-3H3. The zero-order valence-corrected chi connectivity index (χ0v) is 10.8. The Hall–Kier alpha value is -0.820. The number of benzene rings is 1. The van der Waals surface area contributed by atoms with Crippen molar-refractivity contribution < 1.29 is 0 Å². The third kappa shape index (κ3) is 2.65. The van der Waals surface area contributed by atoms with Gasteiger partial charge in [-0.25, -0.2) is 0 Å². The Balaban J connectivity index is 2.09. The van der Waals surface area contributed by atoms with Gasteiger partial charge in [-0.3, -0.25) is 0 Å². The zero-order chi connectivity index (χ0) is 11.5. The van der Waals surface area contributed by atoms with E-state index >= 15 is 0 Å². The van der Waals surface area contributed by atoms with Crippen LogP contribution in [0.25, 0.3) is 0 Å². The molecule has 0 amide bonds. The lowest BCUT2D eigenvalue weighted by molar-refractivity contribution is 0.399. The molecule has 0 radical (unpaired) electrons. The molecule has 1 aliphatic heterocycles. The van der Waals surface area contributed by atoms with Gasteiger partial charge in [-0.05, 0) is 68.8 Å². The summed E-state index contributed by atoms with van der Waals surface area (Å²) in [5, 5.41) is 3.62. The van der Waals surface area contributed by atoms with Crippen molar-refractivity contribution in [2.45, 2.75) is 52.5 Å². The molecule has 1 heteroatoms. The molecule has 1 fully saturated rings. The predicted octanol–water partition coefficient (Wildman–Crippen LogP) is 3.30. The van der Waals surface area contributed by atoms with E-state index in [1.807, 2.05) is 0 Å². The summed E-state index contributed by atoms with van der Waals surface area (Å²) >= 11 is 0.